The minimum Gasteiger partial charge on any atom is -0.273 e. The molecule has 2 heterocycles. The van der Waals surface area contributed by atoms with Crippen molar-refractivity contribution in [3.8, 4) is 17.1 Å². The van der Waals surface area contributed by atoms with Crippen molar-refractivity contribution in [2.45, 2.75) is 5.16 Å². The third-order valence-corrected chi connectivity index (χ3v) is 6.10. The van der Waals surface area contributed by atoms with Gasteiger partial charge >= 0.3 is 0 Å². The number of halogens is 1. The summed E-state index contributed by atoms with van der Waals surface area (Å²) in [5, 5.41) is 9.06. The standard InChI is InChI=1S/C24H17FN4O2S/c25-20-13-7-6-12-19(20)21-26-27-24(29(21)16-8-2-1-3-9-16)32-15-14-28-22(30)17-10-4-5-11-18(17)23(28)31/h1-13H,14-15H2. The Morgan fingerprint density at radius 2 is 1.34 bits per heavy atom. The average molecular weight is 444 g/mol. The molecule has 6 nitrogen and oxygen atoms in total. The van der Waals surface area contributed by atoms with Crippen molar-refractivity contribution in [2.75, 3.05) is 12.3 Å². The molecule has 8 heteroatoms. The molecule has 158 valence electrons. The molecule has 0 spiro atoms. The molecule has 0 radical (unpaired) electrons. The molecule has 0 saturated carbocycles. The van der Waals surface area contributed by atoms with Crippen LogP contribution in [0.5, 0.6) is 0 Å². The van der Waals surface area contributed by atoms with Crippen LogP contribution in [0.1, 0.15) is 20.7 Å². The van der Waals surface area contributed by atoms with E-state index >= 15 is 0 Å². The Labute approximate surface area is 187 Å². The quantitative estimate of drug-likeness (QED) is 0.324. The fraction of sp³-hybridized carbons (Fsp3) is 0.0833. The van der Waals surface area contributed by atoms with Crippen LogP contribution in [-0.2, 0) is 0 Å². The van der Waals surface area contributed by atoms with Crippen LogP contribution in [0.4, 0.5) is 4.39 Å². The predicted octanol–water partition coefficient (Wildman–Crippen LogP) is 4.46. The maximum Gasteiger partial charge on any atom is 0.261 e. The molecule has 0 saturated heterocycles. The summed E-state index contributed by atoms with van der Waals surface area (Å²) in [6.45, 7) is 0.230. The minimum absolute atomic E-state index is 0.230. The second kappa shape index (κ2) is 8.39. The highest BCUT2D eigenvalue weighted by Crippen LogP contribution is 2.30. The minimum atomic E-state index is -0.389. The largest absolute Gasteiger partial charge is 0.273 e. The van der Waals surface area contributed by atoms with Crippen molar-refractivity contribution in [2.24, 2.45) is 0 Å². The van der Waals surface area contributed by atoms with Gasteiger partial charge in [0.1, 0.15) is 5.82 Å². The molecule has 0 aliphatic carbocycles. The molecule has 0 bridgehead atoms. The third kappa shape index (κ3) is 3.48. The highest BCUT2D eigenvalue weighted by molar-refractivity contribution is 7.99. The van der Waals surface area contributed by atoms with E-state index in [4.69, 9.17) is 0 Å². The predicted molar refractivity (Wildman–Crippen MR) is 119 cm³/mol. The molecule has 1 aliphatic rings. The Balaban J connectivity index is 1.41. The van der Waals surface area contributed by atoms with E-state index in [9.17, 15) is 14.0 Å². The summed E-state index contributed by atoms with van der Waals surface area (Å²) in [4.78, 5) is 26.4. The topological polar surface area (TPSA) is 68.1 Å². The molecular formula is C24H17FN4O2S. The third-order valence-electron chi connectivity index (χ3n) is 5.19. The molecule has 1 aromatic heterocycles. The van der Waals surface area contributed by atoms with Crippen LogP contribution in [0.3, 0.4) is 0 Å². The van der Waals surface area contributed by atoms with Crippen LogP contribution in [0.2, 0.25) is 0 Å². The number of hydrogen-bond donors (Lipinski definition) is 0. The summed E-state index contributed by atoms with van der Waals surface area (Å²) in [7, 11) is 0. The number of fused-ring (bicyclic) bond motifs is 1. The van der Waals surface area contributed by atoms with Crippen LogP contribution in [0.25, 0.3) is 17.1 Å². The summed E-state index contributed by atoms with van der Waals surface area (Å²) in [6, 6.07) is 22.7. The maximum absolute atomic E-state index is 14.5. The van der Waals surface area contributed by atoms with Crippen LogP contribution in [0.15, 0.2) is 84.0 Å². The van der Waals surface area contributed by atoms with Crippen molar-refractivity contribution in [3.63, 3.8) is 0 Å². The SMILES string of the molecule is O=C1c2ccccc2C(=O)N1CCSc1nnc(-c2ccccc2F)n1-c1ccccc1. The summed E-state index contributed by atoms with van der Waals surface area (Å²) >= 11 is 1.35. The van der Waals surface area contributed by atoms with E-state index in [1.807, 2.05) is 30.3 Å². The number of imide groups is 1. The summed E-state index contributed by atoms with van der Waals surface area (Å²) < 4.78 is 16.3. The number of thioether (sulfide) groups is 1. The van der Waals surface area contributed by atoms with Gasteiger partial charge in [0.05, 0.1) is 16.7 Å². The van der Waals surface area contributed by atoms with Gasteiger partial charge in [0.15, 0.2) is 11.0 Å². The molecule has 5 rings (SSSR count). The van der Waals surface area contributed by atoms with E-state index in [1.165, 1.54) is 22.7 Å². The molecule has 3 aromatic carbocycles. The Kier molecular flexibility index (Phi) is 5.28. The number of carbonyl (C=O) groups is 2. The van der Waals surface area contributed by atoms with Crippen LogP contribution >= 0.6 is 11.8 Å². The number of aromatic nitrogens is 3. The molecule has 0 fully saturated rings. The van der Waals surface area contributed by atoms with Crippen molar-refractivity contribution in [1.82, 2.24) is 19.7 Å². The zero-order chi connectivity index (χ0) is 22.1. The van der Waals surface area contributed by atoms with E-state index in [0.717, 1.165) is 5.69 Å². The van der Waals surface area contributed by atoms with Gasteiger partial charge in [-0.15, -0.1) is 10.2 Å². The van der Waals surface area contributed by atoms with E-state index < -0.39 is 0 Å². The Bertz CT molecular complexity index is 1290. The zero-order valence-electron chi connectivity index (χ0n) is 16.8. The number of para-hydroxylation sites is 1. The fourth-order valence-corrected chi connectivity index (χ4v) is 4.54. The van der Waals surface area contributed by atoms with Crippen molar-refractivity contribution in [3.05, 3.63) is 95.8 Å². The number of amides is 2. The zero-order valence-corrected chi connectivity index (χ0v) is 17.6. The molecule has 0 N–H and O–H groups in total. The van der Waals surface area contributed by atoms with Crippen molar-refractivity contribution in [1.29, 1.82) is 0 Å². The lowest BCUT2D eigenvalue weighted by Gasteiger charge is -2.14. The first-order valence-electron chi connectivity index (χ1n) is 9.99. The van der Waals surface area contributed by atoms with Crippen LogP contribution in [0, 0.1) is 5.82 Å². The smallest absolute Gasteiger partial charge is 0.261 e. The van der Waals surface area contributed by atoms with Gasteiger partial charge < -0.3 is 0 Å². The second-order valence-electron chi connectivity index (χ2n) is 7.11. The van der Waals surface area contributed by atoms with E-state index in [1.54, 1.807) is 47.0 Å². The van der Waals surface area contributed by atoms with E-state index in [-0.39, 0.29) is 24.2 Å². The van der Waals surface area contributed by atoms with Gasteiger partial charge in [-0.2, -0.15) is 0 Å². The van der Waals surface area contributed by atoms with Crippen molar-refractivity contribution >= 4 is 23.6 Å². The van der Waals surface area contributed by atoms with Gasteiger partial charge in [0.25, 0.3) is 11.8 Å². The van der Waals surface area contributed by atoms with Crippen molar-refractivity contribution < 1.29 is 14.0 Å². The molecule has 2 amide bonds. The maximum atomic E-state index is 14.5. The average Bonchev–Trinajstić information content (AvgIpc) is 3.35. The first kappa shape index (κ1) is 20.1. The molecule has 1 aliphatic heterocycles. The number of nitrogens with zero attached hydrogens (tertiary/aromatic N) is 4. The highest BCUT2D eigenvalue weighted by atomic mass is 32.2. The summed E-state index contributed by atoms with van der Waals surface area (Å²) in [5.41, 5.74) is 1.99. The first-order valence-corrected chi connectivity index (χ1v) is 11.0. The normalized spacial score (nSPS) is 13.0. The van der Waals surface area contributed by atoms with Gasteiger partial charge in [0.2, 0.25) is 0 Å². The number of benzene rings is 3. The van der Waals surface area contributed by atoms with Gasteiger partial charge in [-0.3, -0.25) is 19.1 Å². The number of rotatable bonds is 6. The molecule has 4 aromatic rings. The van der Waals surface area contributed by atoms with Crippen LogP contribution in [-0.4, -0.2) is 43.8 Å². The molecular weight excluding hydrogens is 427 g/mol. The molecule has 32 heavy (non-hydrogen) atoms. The van der Waals surface area contributed by atoms with E-state index in [0.29, 0.717) is 33.4 Å². The van der Waals surface area contributed by atoms with Gasteiger partial charge in [-0.25, -0.2) is 4.39 Å². The van der Waals surface area contributed by atoms with Gasteiger partial charge in [-0.1, -0.05) is 54.2 Å². The lowest BCUT2D eigenvalue weighted by atomic mass is 10.1. The van der Waals surface area contributed by atoms with Gasteiger partial charge in [0, 0.05) is 18.0 Å². The Morgan fingerprint density at radius 1 is 0.750 bits per heavy atom. The van der Waals surface area contributed by atoms with Gasteiger partial charge in [-0.05, 0) is 36.4 Å². The molecule has 0 unspecified atom stereocenters. The Hall–Kier alpha value is -3.78. The van der Waals surface area contributed by atoms with Crippen LogP contribution < -0.4 is 0 Å². The van der Waals surface area contributed by atoms with E-state index in [2.05, 4.69) is 10.2 Å². The Morgan fingerprint density at radius 3 is 2.00 bits per heavy atom. The summed E-state index contributed by atoms with van der Waals surface area (Å²) in [6.07, 6.45) is 0. The first-order chi connectivity index (χ1) is 15.6. The lowest BCUT2D eigenvalue weighted by Crippen LogP contribution is -2.31. The number of hydrogen-bond acceptors (Lipinski definition) is 5. The summed E-state index contributed by atoms with van der Waals surface area (Å²) in [5.74, 6) is -0.156. The molecule has 0 atom stereocenters. The number of carbonyl (C=O) groups excluding carboxylic acids is 2. The highest BCUT2D eigenvalue weighted by Gasteiger charge is 2.34. The monoisotopic (exact) mass is 444 g/mol. The second-order valence-corrected chi connectivity index (χ2v) is 8.18. The fourth-order valence-electron chi connectivity index (χ4n) is 3.66. The lowest BCUT2D eigenvalue weighted by molar-refractivity contribution is 0.0664.